The van der Waals surface area contributed by atoms with Gasteiger partial charge in [-0.15, -0.1) is 5.10 Å². The number of H-pyrrole nitrogens is 1. The predicted molar refractivity (Wildman–Crippen MR) is 160 cm³/mol. The van der Waals surface area contributed by atoms with E-state index in [1.165, 1.54) is 11.1 Å². The van der Waals surface area contributed by atoms with Crippen LogP contribution in [0.15, 0.2) is 83.7 Å². The summed E-state index contributed by atoms with van der Waals surface area (Å²) in [6, 6.07) is 26.6. The van der Waals surface area contributed by atoms with Gasteiger partial charge in [-0.05, 0) is 96.8 Å². The third-order valence-corrected chi connectivity index (χ3v) is 8.08. The highest BCUT2D eigenvalue weighted by Gasteiger charge is 2.34. The molecule has 0 unspecified atom stereocenters. The monoisotopic (exact) mass is 534 g/mol. The van der Waals surface area contributed by atoms with Crippen LogP contribution in [0.4, 0.5) is 0 Å². The van der Waals surface area contributed by atoms with Gasteiger partial charge in [-0.3, -0.25) is 9.69 Å². The van der Waals surface area contributed by atoms with Crippen molar-refractivity contribution in [2.24, 2.45) is 0 Å². The molecule has 3 aromatic carbocycles. The zero-order valence-corrected chi connectivity index (χ0v) is 24.1. The van der Waals surface area contributed by atoms with E-state index in [9.17, 15) is 4.79 Å². The Morgan fingerprint density at radius 3 is 2.25 bits per heavy atom. The Labute approximate surface area is 235 Å². The summed E-state index contributed by atoms with van der Waals surface area (Å²) in [4.78, 5) is 19.4. The van der Waals surface area contributed by atoms with E-state index in [1.807, 2.05) is 28.9 Å². The van der Waals surface area contributed by atoms with Crippen LogP contribution >= 0.6 is 0 Å². The fourth-order valence-electron chi connectivity index (χ4n) is 5.18. The lowest BCUT2D eigenvalue weighted by Gasteiger charge is -2.33. The molecule has 0 spiro atoms. The average molecular weight is 535 g/mol. The minimum Gasteiger partial charge on any atom is -0.322 e. The van der Waals surface area contributed by atoms with E-state index in [0.717, 1.165) is 34.9 Å². The number of hydrogen-bond donors (Lipinski definition) is 1. The highest BCUT2D eigenvalue weighted by Crippen LogP contribution is 2.32. The number of rotatable bonds is 10. The Balaban J connectivity index is 1.70. The van der Waals surface area contributed by atoms with E-state index < -0.39 is 6.04 Å². The van der Waals surface area contributed by atoms with Gasteiger partial charge in [0.25, 0.3) is 5.56 Å². The minimum absolute atomic E-state index is 0.123. The Bertz CT molecular complexity index is 1640. The average Bonchev–Trinajstić information content (AvgIpc) is 3.45. The first-order valence-corrected chi connectivity index (χ1v) is 14.0. The zero-order valence-electron chi connectivity index (χ0n) is 24.1. The number of nitrogens with one attached hydrogen (secondary N) is 1. The van der Waals surface area contributed by atoms with Gasteiger partial charge in [0.05, 0.1) is 5.54 Å². The first-order chi connectivity index (χ1) is 19.3. The van der Waals surface area contributed by atoms with E-state index in [0.29, 0.717) is 24.5 Å². The van der Waals surface area contributed by atoms with Gasteiger partial charge in [0.1, 0.15) is 6.04 Å². The molecule has 0 aliphatic heterocycles. The van der Waals surface area contributed by atoms with Gasteiger partial charge in [-0.25, -0.2) is 4.68 Å². The van der Waals surface area contributed by atoms with Crippen molar-refractivity contribution < 1.29 is 0 Å². The Morgan fingerprint density at radius 2 is 1.57 bits per heavy atom. The van der Waals surface area contributed by atoms with Crippen molar-refractivity contribution >= 4 is 10.9 Å². The molecular weight excluding hydrogens is 496 g/mol. The highest BCUT2D eigenvalue weighted by atomic mass is 16.1. The van der Waals surface area contributed by atoms with E-state index in [-0.39, 0.29) is 11.1 Å². The fraction of sp³-hybridized carbons (Fsp3) is 0.333. The van der Waals surface area contributed by atoms with Crippen molar-refractivity contribution in [2.75, 3.05) is 6.54 Å². The van der Waals surface area contributed by atoms with E-state index >= 15 is 0 Å². The summed E-state index contributed by atoms with van der Waals surface area (Å²) in [6.07, 6.45) is 1.67. The van der Waals surface area contributed by atoms with Crippen molar-refractivity contribution in [1.29, 1.82) is 0 Å². The maximum atomic E-state index is 13.9. The number of aryl methyl sites for hydroxylation is 2. The molecule has 0 amide bonds. The standard InChI is InChI=1S/C33H38N6O/c1-6-33(4,5)39-31(35-36-37-39)30(28-21-27-19-23(2)24(3)20-29(27)34-32(28)40)38(22-26-15-11-8-12-16-26)18-17-25-13-9-7-10-14-25/h7-16,19-21,30H,6,17-18,22H2,1-5H3,(H,34,40)/t30-/m0/s1. The van der Waals surface area contributed by atoms with Crippen LogP contribution in [0.1, 0.15) is 66.9 Å². The Morgan fingerprint density at radius 1 is 0.925 bits per heavy atom. The molecule has 206 valence electrons. The summed E-state index contributed by atoms with van der Waals surface area (Å²) in [5, 5.41) is 14.2. The number of hydrogen-bond acceptors (Lipinski definition) is 5. The maximum absolute atomic E-state index is 13.9. The quantitative estimate of drug-likeness (QED) is 0.234. The van der Waals surface area contributed by atoms with Crippen LogP contribution in [0.25, 0.3) is 10.9 Å². The summed E-state index contributed by atoms with van der Waals surface area (Å²) in [7, 11) is 0. The molecule has 0 radical (unpaired) electrons. The van der Waals surface area contributed by atoms with Crippen LogP contribution < -0.4 is 5.56 Å². The molecule has 5 aromatic rings. The summed E-state index contributed by atoms with van der Waals surface area (Å²) in [5.41, 5.74) is 5.77. The Kier molecular flexibility index (Phi) is 7.94. The Hall–Kier alpha value is -4.10. The fourth-order valence-corrected chi connectivity index (χ4v) is 5.18. The zero-order chi connectivity index (χ0) is 28.3. The van der Waals surface area contributed by atoms with Crippen LogP contribution in [-0.4, -0.2) is 36.6 Å². The number of benzene rings is 3. The van der Waals surface area contributed by atoms with Gasteiger partial charge in [-0.1, -0.05) is 67.6 Å². The van der Waals surface area contributed by atoms with Crippen LogP contribution in [0.5, 0.6) is 0 Å². The summed E-state index contributed by atoms with van der Waals surface area (Å²) in [5.74, 6) is 0.671. The lowest BCUT2D eigenvalue weighted by Crippen LogP contribution is -2.39. The number of aromatic amines is 1. The van der Waals surface area contributed by atoms with Crippen molar-refractivity contribution in [3.63, 3.8) is 0 Å². The van der Waals surface area contributed by atoms with Gasteiger partial charge in [-0.2, -0.15) is 0 Å². The van der Waals surface area contributed by atoms with Gasteiger partial charge in [0.15, 0.2) is 5.82 Å². The molecule has 2 aromatic heterocycles. The van der Waals surface area contributed by atoms with E-state index in [2.05, 4.69) is 115 Å². The van der Waals surface area contributed by atoms with Crippen LogP contribution in [0.2, 0.25) is 0 Å². The van der Waals surface area contributed by atoms with Gasteiger partial charge in [0.2, 0.25) is 0 Å². The van der Waals surface area contributed by atoms with Gasteiger partial charge in [0, 0.05) is 24.2 Å². The third kappa shape index (κ3) is 5.75. The van der Waals surface area contributed by atoms with Crippen molar-refractivity contribution in [1.82, 2.24) is 30.1 Å². The summed E-state index contributed by atoms with van der Waals surface area (Å²) >= 11 is 0. The SMILES string of the molecule is CCC(C)(C)n1nnnc1[C@H](c1cc2cc(C)c(C)cc2[nH]c1=O)N(CCc1ccccc1)Cc1ccccc1. The molecule has 2 heterocycles. The topological polar surface area (TPSA) is 79.7 Å². The van der Waals surface area contributed by atoms with Crippen LogP contribution in [-0.2, 0) is 18.5 Å². The second-order valence-corrected chi connectivity index (χ2v) is 11.3. The van der Waals surface area contributed by atoms with Crippen molar-refractivity contribution in [3.8, 4) is 0 Å². The number of nitrogens with zero attached hydrogens (tertiary/aromatic N) is 5. The number of pyridine rings is 1. The normalized spacial score (nSPS) is 12.8. The third-order valence-electron chi connectivity index (χ3n) is 8.08. The van der Waals surface area contributed by atoms with Crippen molar-refractivity contribution in [3.05, 3.63) is 123 Å². The second kappa shape index (κ2) is 11.6. The van der Waals surface area contributed by atoms with Gasteiger partial charge < -0.3 is 4.98 Å². The van der Waals surface area contributed by atoms with E-state index in [1.54, 1.807) is 0 Å². The van der Waals surface area contributed by atoms with Crippen LogP contribution in [0, 0.1) is 13.8 Å². The number of fused-ring (bicyclic) bond motifs is 1. The molecule has 0 saturated carbocycles. The van der Waals surface area contributed by atoms with E-state index in [4.69, 9.17) is 0 Å². The minimum atomic E-state index is -0.459. The molecule has 1 atom stereocenters. The molecule has 0 bridgehead atoms. The lowest BCUT2D eigenvalue weighted by molar-refractivity contribution is 0.190. The van der Waals surface area contributed by atoms with Crippen LogP contribution in [0.3, 0.4) is 0 Å². The van der Waals surface area contributed by atoms with Crippen molar-refractivity contribution in [2.45, 2.75) is 65.6 Å². The molecule has 0 aliphatic rings. The predicted octanol–water partition coefficient (Wildman–Crippen LogP) is 6.11. The first-order valence-electron chi connectivity index (χ1n) is 14.0. The largest absolute Gasteiger partial charge is 0.322 e. The molecule has 5 rings (SSSR count). The first kappa shape index (κ1) is 27.5. The summed E-state index contributed by atoms with van der Waals surface area (Å²) in [6.45, 7) is 11.9. The highest BCUT2D eigenvalue weighted by molar-refractivity contribution is 5.81. The maximum Gasteiger partial charge on any atom is 0.253 e. The molecule has 7 heteroatoms. The molecule has 1 N–H and O–H groups in total. The molecule has 7 nitrogen and oxygen atoms in total. The molecular formula is C33H38N6O. The number of aromatic nitrogens is 5. The van der Waals surface area contributed by atoms with Gasteiger partial charge >= 0.3 is 0 Å². The molecule has 0 fully saturated rings. The number of tetrazole rings is 1. The molecule has 40 heavy (non-hydrogen) atoms. The molecule has 0 aliphatic carbocycles. The summed E-state index contributed by atoms with van der Waals surface area (Å²) < 4.78 is 1.90. The lowest BCUT2D eigenvalue weighted by atomic mass is 9.97. The molecule has 0 saturated heterocycles. The smallest absolute Gasteiger partial charge is 0.253 e. The second-order valence-electron chi connectivity index (χ2n) is 11.3.